The van der Waals surface area contributed by atoms with Gasteiger partial charge in [-0.2, -0.15) is 4.98 Å². The highest BCUT2D eigenvalue weighted by atomic mass is 16.5. The van der Waals surface area contributed by atoms with E-state index in [0.717, 1.165) is 12.8 Å². The maximum absolute atomic E-state index is 11.9. The van der Waals surface area contributed by atoms with Crippen LogP contribution in [0.5, 0.6) is 5.88 Å². The van der Waals surface area contributed by atoms with Gasteiger partial charge in [-0.3, -0.25) is 4.79 Å². The molecule has 0 unspecified atom stereocenters. The smallest absolute Gasteiger partial charge is 0.258 e. The Morgan fingerprint density at radius 2 is 2.06 bits per heavy atom. The Morgan fingerprint density at radius 3 is 2.59 bits per heavy atom. The van der Waals surface area contributed by atoms with E-state index >= 15 is 0 Å². The summed E-state index contributed by atoms with van der Waals surface area (Å²) in [5.74, 6) is 0.601. The van der Waals surface area contributed by atoms with Crippen LogP contribution >= 0.6 is 0 Å². The summed E-state index contributed by atoms with van der Waals surface area (Å²) in [5.41, 5.74) is 0.134. The third-order valence-corrected chi connectivity index (χ3v) is 3.14. The lowest BCUT2D eigenvalue weighted by molar-refractivity contribution is 0.0833. The molecule has 0 aliphatic carbocycles. The molecule has 0 spiro atoms. The van der Waals surface area contributed by atoms with Crippen LogP contribution in [0.25, 0.3) is 0 Å². The molecule has 17 heavy (non-hydrogen) atoms. The Kier molecular flexibility index (Phi) is 3.47. The van der Waals surface area contributed by atoms with Gasteiger partial charge in [-0.1, -0.05) is 13.8 Å². The first kappa shape index (κ1) is 12.1. The zero-order chi connectivity index (χ0) is 12.4. The Bertz CT molecular complexity index is 448. The van der Waals surface area contributed by atoms with Crippen molar-refractivity contribution in [3.63, 3.8) is 0 Å². The molecule has 1 aromatic rings. The van der Waals surface area contributed by atoms with E-state index in [1.807, 2.05) is 13.8 Å². The average molecular weight is 238 g/mol. The molecule has 2 N–H and O–H groups in total. The molecule has 0 aromatic carbocycles. The van der Waals surface area contributed by atoms with Gasteiger partial charge in [-0.05, 0) is 18.8 Å². The molecule has 1 aliphatic heterocycles. The summed E-state index contributed by atoms with van der Waals surface area (Å²) in [6.45, 7) is 5.09. The van der Waals surface area contributed by atoms with E-state index in [-0.39, 0.29) is 23.3 Å². The number of aromatic nitrogens is 2. The second-order valence-corrected chi connectivity index (χ2v) is 4.73. The number of ether oxygens (including phenoxy) is 1. The topological polar surface area (TPSA) is 75.2 Å². The van der Waals surface area contributed by atoms with Crippen LogP contribution in [0.4, 0.5) is 0 Å². The van der Waals surface area contributed by atoms with Crippen molar-refractivity contribution in [2.45, 2.75) is 38.5 Å². The molecule has 5 nitrogen and oxygen atoms in total. The van der Waals surface area contributed by atoms with Gasteiger partial charge in [0.05, 0.1) is 5.56 Å². The van der Waals surface area contributed by atoms with E-state index in [9.17, 15) is 9.90 Å². The number of rotatable bonds is 2. The van der Waals surface area contributed by atoms with Crippen molar-refractivity contribution in [2.24, 2.45) is 0 Å². The van der Waals surface area contributed by atoms with Crippen LogP contribution in [0.2, 0.25) is 0 Å². The van der Waals surface area contributed by atoms with Gasteiger partial charge in [0.15, 0.2) is 0 Å². The van der Waals surface area contributed by atoms with E-state index in [2.05, 4.69) is 9.97 Å². The van der Waals surface area contributed by atoms with Gasteiger partial charge in [-0.15, -0.1) is 0 Å². The minimum atomic E-state index is -0.228. The minimum Gasteiger partial charge on any atom is -0.493 e. The van der Waals surface area contributed by atoms with E-state index in [1.54, 1.807) is 0 Å². The maximum atomic E-state index is 11.9. The highest BCUT2D eigenvalue weighted by Crippen LogP contribution is 2.26. The van der Waals surface area contributed by atoms with E-state index in [0.29, 0.717) is 24.6 Å². The van der Waals surface area contributed by atoms with E-state index in [4.69, 9.17) is 4.74 Å². The third kappa shape index (κ3) is 2.49. The van der Waals surface area contributed by atoms with Crippen LogP contribution in [0.1, 0.15) is 49.9 Å². The van der Waals surface area contributed by atoms with Crippen molar-refractivity contribution in [3.05, 3.63) is 21.7 Å². The molecule has 1 aromatic heterocycles. The first-order valence-corrected chi connectivity index (χ1v) is 6.00. The number of nitrogens with zero attached hydrogens (tertiary/aromatic N) is 1. The van der Waals surface area contributed by atoms with Gasteiger partial charge in [0, 0.05) is 19.1 Å². The SMILES string of the molecule is CC(C)c1c(O)nc(C2CCOCC2)[nH]c1=O. The Labute approximate surface area is 99.9 Å². The van der Waals surface area contributed by atoms with Crippen LogP contribution in [0.3, 0.4) is 0 Å². The van der Waals surface area contributed by atoms with E-state index in [1.165, 1.54) is 0 Å². The van der Waals surface area contributed by atoms with Gasteiger partial charge in [0.25, 0.3) is 5.56 Å². The highest BCUT2D eigenvalue weighted by Gasteiger charge is 2.21. The van der Waals surface area contributed by atoms with Crippen LogP contribution in [0.15, 0.2) is 4.79 Å². The molecule has 94 valence electrons. The fraction of sp³-hybridized carbons (Fsp3) is 0.667. The molecule has 2 heterocycles. The molecule has 0 atom stereocenters. The van der Waals surface area contributed by atoms with Crippen LogP contribution in [-0.2, 0) is 4.74 Å². The largest absolute Gasteiger partial charge is 0.493 e. The summed E-state index contributed by atoms with van der Waals surface area (Å²) in [6.07, 6.45) is 1.67. The summed E-state index contributed by atoms with van der Waals surface area (Å²) >= 11 is 0. The first-order chi connectivity index (χ1) is 8.09. The highest BCUT2D eigenvalue weighted by molar-refractivity contribution is 5.26. The maximum Gasteiger partial charge on any atom is 0.258 e. The van der Waals surface area contributed by atoms with Gasteiger partial charge < -0.3 is 14.8 Å². The zero-order valence-corrected chi connectivity index (χ0v) is 10.2. The number of H-pyrrole nitrogens is 1. The number of aromatic amines is 1. The monoisotopic (exact) mass is 238 g/mol. The molecule has 1 saturated heterocycles. The molecule has 2 rings (SSSR count). The van der Waals surface area contributed by atoms with Crippen molar-refractivity contribution in [1.29, 1.82) is 0 Å². The van der Waals surface area contributed by atoms with Crippen LogP contribution < -0.4 is 5.56 Å². The van der Waals surface area contributed by atoms with Crippen molar-refractivity contribution >= 4 is 0 Å². The Balaban J connectivity index is 2.34. The average Bonchev–Trinajstić information content (AvgIpc) is 2.28. The van der Waals surface area contributed by atoms with Gasteiger partial charge in [0.2, 0.25) is 5.88 Å². The summed E-state index contributed by atoms with van der Waals surface area (Å²) in [6, 6.07) is 0. The number of hydrogen-bond acceptors (Lipinski definition) is 4. The summed E-state index contributed by atoms with van der Waals surface area (Å²) in [4.78, 5) is 18.8. The molecule has 0 radical (unpaired) electrons. The lowest BCUT2D eigenvalue weighted by Gasteiger charge is -2.21. The number of nitrogens with one attached hydrogen (secondary N) is 1. The number of hydrogen-bond donors (Lipinski definition) is 2. The predicted molar refractivity (Wildman–Crippen MR) is 63.4 cm³/mol. The predicted octanol–water partition coefficient (Wildman–Crippen LogP) is 1.49. The molecule has 0 saturated carbocycles. The molecular formula is C12H18N2O3. The van der Waals surface area contributed by atoms with Crippen LogP contribution in [0, 0.1) is 0 Å². The third-order valence-electron chi connectivity index (χ3n) is 3.14. The molecule has 0 bridgehead atoms. The van der Waals surface area contributed by atoms with E-state index < -0.39 is 0 Å². The lowest BCUT2D eigenvalue weighted by Crippen LogP contribution is -2.22. The van der Waals surface area contributed by atoms with Crippen molar-refractivity contribution in [2.75, 3.05) is 13.2 Å². The fourth-order valence-corrected chi connectivity index (χ4v) is 2.17. The molecule has 5 heteroatoms. The molecule has 0 amide bonds. The Morgan fingerprint density at radius 1 is 1.41 bits per heavy atom. The quantitative estimate of drug-likeness (QED) is 0.818. The summed E-state index contributed by atoms with van der Waals surface area (Å²) in [7, 11) is 0. The van der Waals surface area contributed by atoms with Crippen molar-refractivity contribution < 1.29 is 9.84 Å². The molecule has 1 aliphatic rings. The zero-order valence-electron chi connectivity index (χ0n) is 10.2. The molecular weight excluding hydrogens is 220 g/mol. The van der Waals surface area contributed by atoms with Crippen LogP contribution in [-0.4, -0.2) is 28.3 Å². The fourth-order valence-electron chi connectivity index (χ4n) is 2.17. The summed E-state index contributed by atoms with van der Waals surface area (Å²) in [5, 5.41) is 9.81. The normalized spacial score (nSPS) is 17.6. The van der Waals surface area contributed by atoms with Crippen molar-refractivity contribution in [3.8, 4) is 5.88 Å². The van der Waals surface area contributed by atoms with Crippen molar-refractivity contribution in [1.82, 2.24) is 9.97 Å². The first-order valence-electron chi connectivity index (χ1n) is 6.00. The van der Waals surface area contributed by atoms with Gasteiger partial charge >= 0.3 is 0 Å². The number of aromatic hydroxyl groups is 1. The molecule has 1 fully saturated rings. The minimum absolute atomic E-state index is 0.0324. The summed E-state index contributed by atoms with van der Waals surface area (Å²) < 4.78 is 5.26. The van der Waals surface area contributed by atoms with Gasteiger partial charge in [0.1, 0.15) is 5.82 Å². The Hall–Kier alpha value is -1.36. The second kappa shape index (κ2) is 4.87. The standard InChI is InChI=1S/C12H18N2O3/c1-7(2)9-11(15)13-10(14-12(9)16)8-3-5-17-6-4-8/h7-8H,3-6H2,1-2H3,(H2,13,14,15,16). The second-order valence-electron chi connectivity index (χ2n) is 4.73. The van der Waals surface area contributed by atoms with Gasteiger partial charge in [-0.25, -0.2) is 0 Å². The lowest BCUT2D eigenvalue weighted by atomic mass is 9.99.